The zero-order valence-corrected chi connectivity index (χ0v) is 13.1. The van der Waals surface area contributed by atoms with E-state index >= 15 is 0 Å². The number of carbonyl (C=O) groups is 1. The van der Waals surface area contributed by atoms with Gasteiger partial charge in [-0.1, -0.05) is 32.6 Å². The number of anilines is 1. The first-order valence-corrected chi connectivity index (χ1v) is 8.42. The SMILES string of the molecule is CCCCCCC(C)Nc1nc2c(s1)CCC2C(=O)O. The molecule has 0 aromatic carbocycles. The highest BCUT2D eigenvalue weighted by molar-refractivity contribution is 7.15. The maximum atomic E-state index is 11.1. The number of aliphatic carboxylic acids is 1. The maximum absolute atomic E-state index is 11.1. The van der Waals surface area contributed by atoms with Gasteiger partial charge in [-0.3, -0.25) is 4.79 Å². The van der Waals surface area contributed by atoms with Crippen LogP contribution in [0.3, 0.4) is 0 Å². The van der Waals surface area contributed by atoms with Crippen molar-refractivity contribution in [3.8, 4) is 0 Å². The fraction of sp³-hybridized carbons (Fsp3) is 0.733. The summed E-state index contributed by atoms with van der Waals surface area (Å²) in [6.45, 7) is 4.39. The minimum atomic E-state index is -0.742. The second kappa shape index (κ2) is 7.07. The topological polar surface area (TPSA) is 62.2 Å². The molecule has 1 aromatic rings. The average Bonchev–Trinajstić information content (AvgIpc) is 2.93. The third-order valence-electron chi connectivity index (χ3n) is 3.88. The van der Waals surface area contributed by atoms with E-state index in [2.05, 4.69) is 24.1 Å². The number of nitrogens with zero attached hydrogens (tertiary/aromatic N) is 1. The van der Waals surface area contributed by atoms with Gasteiger partial charge in [-0.05, 0) is 26.2 Å². The Morgan fingerprint density at radius 3 is 3.00 bits per heavy atom. The number of hydrogen-bond acceptors (Lipinski definition) is 4. The normalized spacial score (nSPS) is 18.8. The van der Waals surface area contributed by atoms with Crippen molar-refractivity contribution in [1.82, 2.24) is 4.98 Å². The van der Waals surface area contributed by atoms with Gasteiger partial charge in [-0.25, -0.2) is 4.98 Å². The van der Waals surface area contributed by atoms with Gasteiger partial charge in [0.25, 0.3) is 0 Å². The molecule has 5 heteroatoms. The van der Waals surface area contributed by atoms with Crippen LogP contribution in [0.1, 0.15) is 68.9 Å². The summed E-state index contributed by atoms with van der Waals surface area (Å²) in [6.07, 6.45) is 7.80. The molecule has 2 N–H and O–H groups in total. The van der Waals surface area contributed by atoms with Gasteiger partial charge in [0.1, 0.15) is 5.92 Å². The third kappa shape index (κ3) is 3.72. The molecule has 1 aliphatic carbocycles. The molecule has 1 heterocycles. The van der Waals surface area contributed by atoms with Gasteiger partial charge >= 0.3 is 5.97 Å². The van der Waals surface area contributed by atoms with E-state index in [0.717, 1.165) is 28.5 Å². The number of carboxylic acids is 1. The predicted octanol–water partition coefficient (Wildman–Crippen LogP) is 4.03. The van der Waals surface area contributed by atoms with Gasteiger partial charge in [0.15, 0.2) is 5.13 Å². The van der Waals surface area contributed by atoms with Crippen molar-refractivity contribution in [3.05, 3.63) is 10.6 Å². The van der Waals surface area contributed by atoms with Crippen LogP contribution in [0.2, 0.25) is 0 Å². The number of hydrogen-bond donors (Lipinski definition) is 2. The Kier molecular flexibility index (Phi) is 5.40. The maximum Gasteiger partial charge on any atom is 0.312 e. The van der Waals surface area contributed by atoms with E-state index in [4.69, 9.17) is 5.11 Å². The Bertz CT molecular complexity index is 459. The van der Waals surface area contributed by atoms with Crippen molar-refractivity contribution in [2.75, 3.05) is 5.32 Å². The number of aryl methyl sites for hydroxylation is 1. The molecule has 112 valence electrons. The molecule has 0 saturated carbocycles. The van der Waals surface area contributed by atoms with Crippen LogP contribution in [0.4, 0.5) is 5.13 Å². The largest absolute Gasteiger partial charge is 0.481 e. The Morgan fingerprint density at radius 2 is 2.30 bits per heavy atom. The number of thiazole rings is 1. The minimum absolute atomic E-state index is 0.392. The average molecular weight is 296 g/mol. The number of aromatic nitrogens is 1. The molecule has 2 unspecified atom stereocenters. The van der Waals surface area contributed by atoms with E-state index in [9.17, 15) is 4.79 Å². The Labute approximate surface area is 124 Å². The van der Waals surface area contributed by atoms with Crippen LogP contribution in [0.5, 0.6) is 0 Å². The molecule has 0 aliphatic heterocycles. The fourth-order valence-electron chi connectivity index (χ4n) is 2.69. The molecule has 0 spiro atoms. The molecule has 2 atom stereocenters. The molecule has 4 nitrogen and oxygen atoms in total. The van der Waals surface area contributed by atoms with Crippen LogP contribution >= 0.6 is 11.3 Å². The van der Waals surface area contributed by atoms with Crippen LogP contribution in [0, 0.1) is 0 Å². The second-order valence-corrected chi connectivity index (χ2v) is 6.74. The van der Waals surface area contributed by atoms with Crippen molar-refractivity contribution in [2.45, 2.75) is 70.8 Å². The highest BCUT2D eigenvalue weighted by Crippen LogP contribution is 2.38. The van der Waals surface area contributed by atoms with Crippen molar-refractivity contribution in [2.24, 2.45) is 0 Å². The van der Waals surface area contributed by atoms with E-state index in [1.807, 2.05) is 0 Å². The number of fused-ring (bicyclic) bond motifs is 1. The highest BCUT2D eigenvalue weighted by atomic mass is 32.1. The molecule has 0 bridgehead atoms. The summed E-state index contributed by atoms with van der Waals surface area (Å²) in [5, 5.41) is 13.5. The highest BCUT2D eigenvalue weighted by Gasteiger charge is 2.32. The van der Waals surface area contributed by atoms with Crippen LogP contribution in [0.25, 0.3) is 0 Å². The second-order valence-electron chi connectivity index (χ2n) is 5.65. The lowest BCUT2D eigenvalue weighted by atomic mass is 10.1. The molecule has 0 amide bonds. The first kappa shape index (κ1) is 15.3. The molecule has 0 fully saturated rings. The molecule has 0 radical (unpaired) electrons. The molecule has 20 heavy (non-hydrogen) atoms. The van der Waals surface area contributed by atoms with E-state index in [-0.39, 0.29) is 0 Å². The summed E-state index contributed by atoms with van der Waals surface area (Å²) in [6, 6.07) is 0.404. The van der Waals surface area contributed by atoms with E-state index < -0.39 is 11.9 Å². The number of carboxylic acid groups (broad SMARTS) is 1. The van der Waals surface area contributed by atoms with Crippen LogP contribution in [-0.2, 0) is 11.2 Å². The minimum Gasteiger partial charge on any atom is -0.481 e. The first-order chi connectivity index (χ1) is 9.61. The van der Waals surface area contributed by atoms with E-state index in [1.165, 1.54) is 25.7 Å². The Hall–Kier alpha value is -1.10. The van der Waals surface area contributed by atoms with Gasteiger partial charge in [-0.2, -0.15) is 0 Å². The number of rotatable bonds is 8. The zero-order chi connectivity index (χ0) is 14.5. The fourth-order valence-corrected chi connectivity index (χ4v) is 3.84. The monoisotopic (exact) mass is 296 g/mol. The standard InChI is InChI=1S/C15H24N2O2S/c1-3-4-5-6-7-10(2)16-15-17-13-11(14(18)19)8-9-12(13)20-15/h10-11H,3-9H2,1-2H3,(H,16,17)(H,18,19). The summed E-state index contributed by atoms with van der Waals surface area (Å²) < 4.78 is 0. The molecule has 1 aliphatic rings. The summed E-state index contributed by atoms with van der Waals surface area (Å²) in [7, 11) is 0. The van der Waals surface area contributed by atoms with Crippen molar-refractivity contribution in [3.63, 3.8) is 0 Å². The van der Waals surface area contributed by atoms with Crippen LogP contribution in [0.15, 0.2) is 0 Å². The zero-order valence-electron chi connectivity index (χ0n) is 12.3. The lowest BCUT2D eigenvalue weighted by Gasteiger charge is -2.12. The first-order valence-electron chi connectivity index (χ1n) is 7.60. The van der Waals surface area contributed by atoms with Gasteiger partial charge in [-0.15, -0.1) is 11.3 Å². The lowest BCUT2D eigenvalue weighted by Crippen LogP contribution is -2.15. The Morgan fingerprint density at radius 1 is 1.50 bits per heavy atom. The third-order valence-corrected chi connectivity index (χ3v) is 4.94. The van der Waals surface area contributed by atoms with Gasteiger partial charge in [0.05, 0.1) is 5.69 Å². The van der Waals surface area contributed by atoms with Gasteiger partial charge in [0.2, 0.25) is 0 Å². The summed E-state index contributed by atoms with van der Waals surface area (Å²) in [4.78, 5) is 16.8. The van der Waals surface area contributed by atoms with Crippen LogP contribution < -0.4 is 5.32 Å². The van der Waals surface area contributed by atoms with Gasteiger partial charge < -0.3 is 10.4 Å². The quantitative estimate of drug-likeness (QED) is 0.711. The predicted molar refractivity (Wildman–Crippen MR) is 82.7 cm³/mol. The molecule has 0 saturated heterocycles. The molecular weight excluding hydrogens is 272 g/mol. The lowest BCUT2D eigenvalue weighted by molar-refractivity contribution is -0.138. The van der Waals surface area contributed by atoms with Crippen molar-refractivity contribution >= 4 is 22.4 Å². The summed E-state index contributed by atoms with van der Waals surface area (Å²) >= 11 is 1.63. The van der Waals surface area contributed by atoms with E-state index in [1.54, 1.807) is 11.3 Å². The smallest absolute Gasteiger partial charge is 0.312 e. The van der Waals surface area contributed by atoms with Crippen molar-refractivity contribution < 1.29 is 9.90 Å². The van der Waals surface area contributed by atoms with Gasteiger partial charge in [0, 0.05) is 10.9 Å². The van der Waals surface area contributed by atoms with Crippen LogP contribution in [-0.4, -0.2) is 22.1 Å². The van der Waals surface area contributed by atoms with Crippen molar-refractivity contribution in [1.29, 1.82) is 0 Å². The number of unbranched alkanes of at least 4 members (excludes halogenated alkanes) is 3. The molecule has 2 rings (SSSR count). The molecular formula is C15H24N2O2S. The molecule has 1 aromatic heterocycles. The van der Waals surface area contributed by atoms with E-state index in [0.29, 0.717) is 12.5 Å². The summed E-state index contributed by atoms with van der Waals surface area (Å²) in [5.41, 5.74) is 0.795. The summed E-state index contributed by atoms with van der Waals surface area (Å²) in [5.74, 6) is -1.13. The number of nitrogens with one attached hydrogen (secondary N) is 1. The Balaban J connectivity index is 1.85.